The van der Waals surface area contributed by atoms with Crippen LogP contribution in [-0.4, -0.2) is 14.3 Å². The number of carbonyl (C=O) groups is 1. The van der Waals surface area contributed by atoms with Crippen molar-refractivity contribution in [1.82, 2.24) is 0 Å². The fourth-order valence-electron chi connectivity index (χ4n) is 3.55. The Morgan fingerprint density at radius 1 is 0.889 bits per heavy atom. The molecule has 0 heterocycles. The summed E-state index contributed by atoms with van der Waals surface area (Å²) < 4.78 is 28.7. The van der Waals surface area contributed by atoms with Crippen LogP contribution in [0.5, 0.6) is 0 Å². The van der Waals surface area contributed by atoms with E-state index in [0.717, 1.165) is 22.4 Å². The lowest BCUT2D eigenvalue weighted by atomic mass is 10.1. The van der Waals surface area contributed by atoms with Gasteiger partial charge in [-0.25, -0.2) is 8.42 Å². The highest BCUT2D eigenvalue weighted by atomic mass is 35.5. The second kappa shape index (κ2) is 11.2. The van der Waals surface area contributed by atoms with Crippen LogP contribution in [0.4, 0.5) is 11.4 Å². The molecule has 4 rings (SSSR count). The lowest BCUT2D eigenvalue weighted by molar-refractivity contribution is 0.102. The summed E-state index contributed by atoms with van der Waals surface area (Å²) in [5, 5.41) is 2.85. The second-order valence-electron chi connectivity index (χ2n) is 8.32. The lowest BCUT2D eigenvalue weighted by Crippen LogP contribution is -2.17. The number of halogens is 1. The van der Waals surface area contributed by atoms with E-state index in [9.17, 15) is 13.2 Å². The van der Waals surface area contributed by atoms with Crippen molar-refractivity contribution in [1.29, 1.82) is 0 Å². The summed E-state index contributed by atoms with van der Waals surface area (Å²) in [5.74, 6) is 0.380. The molecule has 0 atom stereocenters. The zero-order valence-electron chi connectivity index (χ0n) is 19.8. The predicted molar refractivity (Wildman–Crippen MR) is 149 cm³/mol. The number of rotatable bonds is 8. The maximum absolute atomic E-state index is 13.1. The summed E-state index contributed by atoms with van der Waals surface area (Å²) in [7, 11) is -4.01. The molecule has 0 aliphatic heterocycles. The molecule has 0 radical (unpaired) electrons. The summed E-state index contributed by atoms with van der Waals surface area (Å²) in [4.78, 5) is 13.9. The van der Waals surface area contributed by atoms with Gasteiger partial charge in [-0.15, -0.1) is 11.8 Å². The average Bonchev–Trinajstić information content (AvgIpc) is 2.86. The Balaban J connectivity index is 1.46. The normalized spacial score (nSPS) is 11.2. The molecule has 0 aliphatic rings. The molecule has 4 aromatic carbocycles. The van der Waals surface area contributed by atoms with Gasteiger partial charge < -0.3 is 5.32 Å². The molecule has 5 nitrogen and oxygen atoms in total. The number of hydrogen-bond acceptors (Lipinski definition) is 4. The number of carbonyl (C=O) groups excluding carboxylic acids is 1. The van der Waals surface area contributed by atoms with E-state index in [4.69, 9.17) is 11.6 Å². The first-order valence-corrected chi connectivity index (χ1v) is 14.0. The van der Waals surface area contributed by atoms with E-state index >= 15 is 0 Å². The first-order chi connectivity index (χ1) is 17.2. The highest BCUT2D eigenvalue weighted by molar-refractivity contribution is 7.98. The number of aryl methyl sites for hydroxylation is 2. The van der Waals surface area contributed by atoms with Crippen molar-refractivity contribution in [3.8, 4) is 0 Å². The topological polar surface area (TPSA) is 75.3 Å². The molecule has 1 amide bonds. The zero-order chi connectivity index (χ0) is 25.7. The van der Waals surface area contributed by atoms with Gasteiger partial charge in [0, 0.05) is 21.9 Å². The van der Waals surface area contributed by atoms with Gasteiger partial charge >= 0.3 is 0 Å². The number of sulfonamides is 1. The molecular weight excluding hydrogens is 512 g/mol. The highest BCUT2D eigenvalue weighted by Gasteiger charge is 2.21. The van der Waals surface area contributed by atoms with Gasteiger partial charge in [0.15, 0.2) is 0 Å². The molecule has 0 bridgehead atoms. The molecule has 2 N–H and O–H groups in total. The SMILES string of the molecule is Cc1ccc(NS(=O)(=O)c2cc(C(=O)Nc3ccc(CSc4ccccc4)cc3)ccc2Cl)c(C)c1. The van der Waals surface area contributed by atoms with Crippen LogP contribution in [0, 0.1) is 13.8 Å². The number of amides is 1. The van der Waals surface area contributed by atoms with Gasteiger partial charge in [0.25, 0.3) is 15.9 Å². The molecular formula is C28H25ClN2O3S2. The van der Waals surface area contributed by atoms with Crippen molar-refractivity contribution in [2.24, 2.45) is 0 Å². The number of benzene rings is 4. The van der Waals surface area contributed by atoms with Crippen molar-refractivity contribution in [3.05, 3.63) is 118 Å². The Morgan fingerprint density at radius 2 is 1.61 bits per heavy atom. The molecule has 0 spiro atoms. The maximum Gasteiger partial charge on any atom is 0.263 e. The van der Waals surface area contributed by atoms with E-state index in [1.807, 2.05) is 68.4 Å². The molecule has 0 saturated carbocycles. The second-order valence-corrected chi connectivity index (χ2v) is 11.4. The quantitative estimate of drug-likeness (QED) is 0.232. The number of thioether (sulfide) groups is 1. The third kappa shape index (κ3) is 6.49. The van der Waals surface area contributed by atoms with Crippen molar-refractivity contribution < 1.29 is 13.2 Å². The summed E-state index contributed by atoms with van der Waals surface area (Å²) >= 11 is 7.95. The minimum absolute atomic E-state index is 0.0316. The highest BCUT2D eigenvalue weighted by Crippen LogP contribution is 2.27. The molecule has 8 heteroatoms. The molecule has 36 heavy (non-hydrogen) atoms. The summed E-state index contributed by atoms with van der Waals surface area (Å²) in [6.07, 6.45) is 0. The van der Waals surface area contributed by atoms with Crippen molar-refractivity contribution in [3.63, 3.8) is 0 Å². The maximum atomic E-state index is 13.1. The molecule has 0 aromatic heterocycles. The van der Waals surface area contributed by atoms with E-state index in [0.29, 0.717) is 11.4 Å². The number of anilines is 2. The molecule has 0 saturated heterocycles. The van der Waals surface area contributed by atoms with E-state index in [-0.39, 0.29) is 15.5 Å². The van der Waals surface area contributed by atoms with Gasteiger partial charge in [-0.05, 0) is 73.5 Å². The van der Waals surface area contributed by atoms with Crippen LogP contribution in [0.3, 0.4) is 0 Å². The van der Waals surface area contributed by atoms with Crippen LogP contribution < -0.4 is 10.0 Å². The fraction of sp³-hybridized carbons (Fsp3) is 0.107. The molecule has 4 aromatic rings. The van der Waals surface area contributed by atoms with E-state index in [2.05, 4.69) is 22.2 Å². The predicted octanol–water partition coefficient (Wildman–Crippen LogP) is 7.30. The average molecular weight is 537 g/mol. The van der Waals surface area contributed by atoms with Crippen LogP contribution in [-0.2, 0) is 15.8 Å². The standard InChI is InChI=1S/C28H25ClN2O3S2/c1-19-8-15-26(20(2)16-19)31-36(33,34)27-17-22(11-14-25(27)29)28(32)30-23-12-9-21(10-13-23)18-35-24-6-4-3-5-7-24/h3-17,31H,18H2,1-2H3,(H,30,32). The van der Waals surface area contributed by atoms with E-state index < -0.39 is 15.9 Å². The van der Waals surface area contributed by atoms with Crippen LogP contribution in [0.15, 0.2) is 101 Å². The van der Waals surface area contributed by atoms with Crippen LogP contribution in [0.2, 0.25) is 5.02 Å². The smallest absolute Gasteiger partial charge is 0.263 e. The molecule has 184 valence electrons. The van der Waals surface area contributed by atoms with E-state index in [1.54, 1.807) is 17.8 Å². The zero-order valence-corrected chi connectivity index (χ0v) is 22.2. The summed E-state index contributed by atoms with van der Waals surface area (Å²) in [5.41, 5.74) is 4.19. The van der Waals surface area contributed by atoms with Crippen molar-refractivity contribution >= 4 is 50.7 Å². The van der Waals surface area contributed by atoms with Gasteiger partial charge in [0.05, 0.1) is 10.7 Å². The Hall–Kier alpha value is -3.26. The van der Waals surface area contributed by atoms with Crippen LogP contribution in [0.25, 0.3) is 0 Å². The monoisotopic (exact) mass is 536 g/mol. The third-order valence-electron chi connectivity index (χ3n) is 5.47. The van der Waals surface area contributed by atoms with Gasteiger partial charge in [0.2, 0.25) is 0 Å². The summed E-state index contributed by atoms with van der Waals surface area (Å²) in [6.45, 7) is 3.75. The van der Waals surface area contributed by atoms with Gasteiger partial charge in [-0.2, -0.15) is 0 Å². The Kier molecular flexibility index (Phi) is 8.04. The third-order valence-corrected chi connectivity index (χ3v) is 8.40. The van der Waals surface area contributed by atoms with Crippen molar-refractivity contribution in [2.75, 3.05) is 10.0 Å². The molecule has 0 aliphatic carbocycles. The Labute approximate surface area is 221 Å². The first kappa shape index (κ1) is 25.8. The lowest BCUT2D eigenvalue weighted by Gasteiger charge is -2.13. The molecule has 0 fully saturated rings. The largest absolute Gasteiger partial charge is 0.322 e. The van der Waals surface area contributed by atoms with Crippen LogP contribution >= 0.6 is 23.4 Å². The van der Waals surface area contributed by atoms with Crippen molar-refractivity contribution in [2.45, 2.75) is 29.4 Å². The number of nitrogens with one attached hydrogen (secondary N) is 2. The molecule has 0 unspecified atom stereocenters. The minimum atomic E-state index is -4.01. The van der Waals surface area contributed by atoms with Crippen LogP contribution in [0.1, 0.15) is 27.0 Å². The van der Waals surface area contributed by atoms with Gasteiger partial charge in [-0.3, -0.25) is 9.52 Å². The van der Waals surface area contributed by atoms with E-state index in [1.165, 1.54) is 23.1 Å². The minimum Gasteiger partial charge on any atom is -0.322 e. The van der Waals surface area contributed by atoms with Gasteiger partial charge in [-0.1, -0.05) is 59.6 Å². The number of hydrogen-bond donors (Lipinski definition) is 2. The Bertz CT molecular complexity index is 1490. The fourth-order valence-corrected chi connectivity index (χ4v) is 6.08. The summed E-state index contributed by atoms with van der Waals surface area (Å²) in [6, 6.07) is 27.3. The van der Waals surface area contributed by atoms with Gasteiger partial charge in [0.1, 0.15) is 4.90 Å². The first-order valence-electron chi connectivity index (χ1n) is 11.2. The Morgan fingerprint density at radius 3 is 2.31 bits per heavy atom.